The Hall–Kier alpha value is -3.44. The molecule has 0 N–H and O–H groups in total. The number of nitro benzene ring substituents is 1. The number of nitro groups is 1. The van der Waals surface area contributed by atoms with E-state index in [9.17, 15) is 10.1 Å². The second-order valence-electron chi connectivity index (χ2n) is 6.81. The second kappa shape index (κ2) is 6.87. The summed E-state index contributed by atoms with van der Waals surface area (Å²) in [6.07, 6.45) is 0. The number of aromatic nitrogens is 1. The zero-order valence-electron chi connectivity index (χ0n) is 15.2. The molecule has 0 unspecified atom stereocenters. The lowest BCUT2D eigenvalue weighted by atomic mass is 10.0. The number of benzene rings is 4. The number of hydrogen-bond donors (Lipinski definition) is 0. The Morgan fingerprint density at radius 3 is 2.31 bits per heavy atom. The van der Waals surface area contributed by atoms with Crippen LogP contribution >= 0.6 is 15.9 Å². The van der Waals surface area contributed by atoms with Crippen LogP contribution in [0.25, 0.3) is 38.6 Å². The molecule has 0 spiro atoms. The van der Waals surface area contributed by atoms with Crippen LogP contribution in [0.5, 0.6) is 0 Å². The molecule has 5 rings (SSSR count). The fourth-order valence-electron chi connectivity index (χ4n) is 3.92. The van der Waals surface area contributed by atoms with Crippen LogP contribution in [-0.2, 0) is 0 Å². The zero-order valence-corrected chi connectivity index (χ0v) is 16.8. The quantitative estimate of drug-likeness (QED) is 0.220. The number of hydrogen-bond acceptors (Lipinski definition) is 2. The van der Waals surface area contributed by atoms with Crippen molar-refractivity contribution in [2.75, 3.05) is 0 Å². The molecule has 0 aliphatic carbocycles. The van der Waals surface area contributed by atoms with Gasteiger partial charge in [-0.15, -0.1) is 0 Å². The molecule has 4 aromatic carbocycles. The smallest absolute Gasteiger partial charge is 0.277 e. The summed E-state index contributed by atoms with van der Waals surface area (Å²) in [6.45, 7) is 0. The average Bonchev–Trinajstić information content (AvgIpc) is 3.10. The Kier molecular flexibility index (Phi) is 4.18. The van der Waals surface area contributed by atoms with Gasteiger partial charge >= 0.3 is 0 Å². The molecule has 0 fully saturated rings. The second-order valence-corrected chi connectivity index (χ2v) is 7.67. The van der Waals surface area contributed by atoms with Gasteiger partial charge in [-0.2, -0.15) is 0 Å². The first kappa shape index (κ1) is 17.6. The van der Waals surface area contributed by atoms with E-state index in [2.05, 4.69) is 38.7 Å². The molecule has 5 aromatic rings. The lowest BCUT2D eigenvalue weighted by Gasteiger charge is -2.11. The van der Waals surface area contributed by atoms with Crippen LogP contribution in [0.3, 0.4) is 0 Å². The summed E-state index contributed by atoms with van der Waals surface area (Å²) >= 11 is 3.70. The third-order valence-electron chi connectivity index (χ3n) is 5.17. The lowest BCUT2D eigenvalue weighted by molar-refractivity contribution is -0.384. The molecule has 29 heavy (non-hydrogen) atoms. The van der Waals surface area contributed by atoms with E-state index in [0.717, 1.165) is 37.5 Å². The first-order chi connectivity index (χ1) is 14.1. The molecular weight excluding hydrogens is 428 g/mol. The minimum Gasteiger partial charge on any atom is -0.308 e. The summed E-state index contributed by atoms with van der Waals surface area (Å²) in [7, 11) is 0. The summed E-state index contributed by atoms with van der Waals surface area (Å²) in [4.78, 5) is 11.3. The molecule has 0 atom stereocenters. The predicted molar refractivity (Wildman–Crippen MR) is 121 cm³/mol. The van der Waals surface area contributed by atoms with E-state index in [-0.39, 0.29) is 10.6 Å². The minimum atomic E-state index is -0.325. The number of rotatable bonds is 3. The summed E-state index contributed by atoms with van der Waals surface area (Å²) in [5, 5.41) is 13.9. The highest BCUT2D eigenvalue weighted by atomic mass is 79.9. The molecular formula is C24H15BrN2O2. The van der Waals surface area contributed by atoms with Gasteiger partial charge in [-0.25, -0.2) is 0 Å². The maximum absolute atomic E-state index is 11.7. The van der Waals surface area contributed by atoms with Crippen LogP contribution in [0.1, 0.15) is 0 Å². The van der Waals surface area contributed by atoms with Gasteiger partial charge in [-0.05, 0) is 45.8 Å². The maximum atomic E-state index is 11.7. The van der Waals surface area contributed by atoms with Crippen molar-refractivity contribution in [2.45, 2.75) is 0 Å². The maximum Gasteiger partial charge on any atom is 0.277 e. The number of nitrogens with zero attached hydrogens (tertiary/aromatic N) is 2. The van der Waals surface area contributed by atoms with Crippen LogP contribution in [0, 0.1) is 10.1 Å². The fraction of sp³-hybridized carbons (Fsp3) is 0. The third-order valence-corrected chi connectivity index (χ3v) is 5.81. The molecule has 4 nitrogen and oxygen atoms in total. The van der Waals surface area contributed by atoms with Gasteiger partial charge in [0.25, 0.3) is 5.69 Å². The van der Waals surface area contributed by atoms with Crippen LogP contribution in [-0.4, -0.2) is 9.49 Å². The van der Waals surface area contributed by atoms with Crippen LogP contribution < -0.4 is 0 Å². The average molecular weight is 443 g/mol. The van der Waals surface area contributed by atoms with E-state index in [1.165, 1.54) is 0 Å². The topological polar surface area (TPSA) is 48.1 Å². The summed E-state index contributed by atoms with van der Waals surface area (Å²) in [6, 6.07) is 29.1. The Labute approximate surface area is 175 Å². The largest absolute Gasteiger partial charge is 0.308 e. The van der Waals surface area contributed by atoms with Gasteiger partial charge in [0.05, 0.1) is 21.5 Å². The Balaban J connectivity index is 1.87. The Morgan fingerprint density at radius 2 is 1.52 bits per heavy atom. The van der Waals surface area contributed by atoms with E-state index in [1.807, 2.05) is 66.7 Å². The molecule has 1 aromatic heterocycles. The van der Waals surface area contributed by atoms with Crippen molar-refractivity contribution >= 4 is 43.4 Å². The van der Waals surface area contributed by atoms with E-state index >= 15 is 0 Å². The molecule has 0 radical (unpaired) electrons. The van der Waals surface area contributed by atoms with Crippen LogP contribution in [0.2, 0.25) is 0 Å². The molecule has 1 heterocycles. The van der Waals surface area contributed by atoms with Gasteiger partial charge in [-0.3, -0.25) is 10.1 Å². The van der Waals surface area contributed by atoms with Crippen molar-refractivity contribution < 1.29 is 4.92 Å². The monoisotopic (exact) mass is 442 g/mol. The van der Waals surface area contributed by atoms with E-state index in [4.69, 9.17) is 0 Å². The molecule has 0 amide bonds. The molecule has 0 bridgehead atoms. The van der Waals surface area contributed by atoms with Crippen molar-refractivity contribution in [3.63, 3.8) is 0 Å². The summed E-state index contributed by atoms with van der Waals surface area (Å²) in [5.74, 6) is 0. The standard InChI is InChI=1S/C24H15BrN2O2/c25-21-11-6-10-19-18-9-4-5-12-22(18)26(24(19)21)17-13-14-23(27(28)29)20(15-17)16-7-2-1-3-8-16/h1-15H. The van der Waals surface area contributed by atoms with Crippen molar-refractivity contribution in [3.05, 3.63) is 106 Å². The SMILES string of the molecule is O=[N+]([O-])c1ccc(-n2c3ccccc3c3cccc(Br)c32)cc1-c1ccccc1. The number of fused-ring (bicyclic) bond motifs is 3. The zero-order chi connectivity index (χ0) is 20.0. The van der Waals surface area contributed by atoms with E-state index < -0.39 is 0 Å². The van der Waals surface area contributed by atoms with Gasteiger partial charge in [0, 0.05) is 27.0 Å². The molecule has 140 valence electrons. The first-order valence-corrected chi connectivity index (χ1v) is 9.96. The van der Waals surface area contributed by atoms with Crippen LogP contribution in [0.15, 0.2) is 95.5 Å². The third kappa shape index (κ3) is 2.82. The summed E-state index contributed by atoms with van der Waals surface area (Å²) < 4.78 is 3.14. The van der Waals surface area contributed by atoms with Gasteiger partial charge in [-0.1, -0.05) is 60.7 Å². The van der Waals surface area contributed by atoms with Crippen molar-refractivity contribution in [3.8, 4) is 16.8 Å². The first-order valence-electron chi connectivity index (χ1n) is 9.17. The van der Waals surface area contributed by atoms with Gasteiger partial charge in [0.15, 0.2) is 0 Å². The number of halogens is 1. The Bertz CT molecular complexity index is 1390. The van der Waals surface area contributed by atoms with Crippen molar-refractivity contribution in [1.82, 2.24) is 4.57 Å². The molecule has 0 aliphatic rings. The predicted octanol–water partition coefficient (Wildman–Crippen LogP) is 7.12. The van der Waals surface area contributed by atoms with Crippen molar-refractivity contribution in [1.29, 1.82) is 0 Å². The van der Waals surface area contributed by atoms with Crippen LogP contribution in [0.4, 0.5) is 5.69 Å². The number of para-hydroxylation sites is 2. The fourth-order valence-corrected chi connectivity index (χ4v) is 4.46. The Morgan fingerprint density at radius 1 is 0.793 bits per heavy atom. The van der Waals surface area contributed by atoms with Gasteiger partial charge in [0.1, 0.15) is 0 Å². The van der Waals surface area contributed by atoms with Gasteiger partial charge in [0.2, 0.25) is 0 Å². The lowest BCUT2D eigenvalue weighted by Crippen LogP contribution is -1.98. The molecule has 0 saturated carbocycles. The normalized spacial score (nSPS) is 11.2. The van der Waals surface area contributed by atoms with Crippen molar-refractivity contribution in [2.24, 2.45) is 0 Å². The highest BCUT2D eigenvalue weighted by molar-refractivity contribution is 9.10. The van der Waals surface area contributed by atoms with E-state index in [0.29, 0.717) is 5.56 Å². The minimum absolute atomic E-state index is 0.0970. The van der Waals surface area contributed by atoms with E-state index in [1.54, 1.807) is 6.07 Å². The highest BCUT2D eigenvalue weighted by Crippen LogP contribution is 2.38. The molecule has 5 heteroatoms. The molecule has 0 saturated heterocycles. The molecule has 0 aliphatic heterocycles. The van der Waals surface area contributed by atoms with Gasteiger partial charge < -0.3 is 4.57 Å². The summed E-state index contributed by atoms with van der Waals surface area (Å²) in [5.41, 5.74) is 4.50. The highest BCUT2D eigenvalue weighted by Gasteiger charge is 2.19.